The summed E-state index contributed by atoms with van der Waals surface area (Å²) in [6.07, 6.45) is -2.60. The van der Waals surface area contributed by atoms with Gasteiger partial charge in [-0.1, -0.05) is 41.4 Å². The lowest BCUT2D eigenvalue weighted by molar-refractivity contribution is -0.138. The molecule has 0 amide bonds. The molecule has 1 fully saturated rings. The fourth-order valence-corrected chi connectivity index (χ4v) is 2.75. The summed E-state index contributed by atoms with van der Waals surface area (Å²) in [5.41, 5.74) is 0.267. The molecule has 0 aliphatic heterocycles. The molecule has 17 heavy (non-hydrogen) atoms. The molecule has 0 saturated heterocycles. The van der Waals surface area contributed by atoms with Crippen molar-refractivity contribution in [3.05, 3.63) is 35.4 Å². The van der Waals surface area contributed by atoms with Crippen LogP contribution >= 0.6 is 23.2 Å². The SMILES string of the molecule is O=C(O)[C@H]1[C@H](c2cccc(C(F)F)c2)C1(Cl)Cl. The van der Waals surface area contributed by atoms with E-state index in [0.717, 1.165) is 0 Å². The van der Waals surface area contributed by atoms with Crippen LogP contribution in [0.3, 0.4) is 0 Å². The zero-order chi connectivity index (χ0) is 12.8. The molecule has 1 aliphatic rings. The molecule has 6 heteroatoms. The summed E-state index contributed by atoms with van der Waals surface area (Å²) in [6.45, 7) is 0. The number of aliphatic carboxylic acids is 1. The minimum absolute atomic E-state index is 0.164. The van der Waals surface area contributed by atoms with E-state index < -0.39 is 28.6 Å². The molecule has 0 aromatic heterocycles. The molecule has 0 radical (unpaired) electrons. The first-order chi connectivity index (χ1) is 7.85. The lowest BCUT2D eigenvalue weighted by atomic mass is 10.1. The summed E-state index contributed by atoms with van der Waals surface area (Å²) in [7, 11) is 0. The highest BCUT2D eigenvalue weighted by atomic mass is 35.5. The van der Waals surface area contributed by atoms with E-state index in [-0.39, 0.29) is 5.56 Å². The van der Waals surface area contributed by atoms with Gasteiger partial charge in [-0.2, -0.15) is 0 Å². The third kappa shape index (κ3) is 2.11. The maximum Gasteiger partial charge on any atom is 0.310 e. The van der Waals surface area contributed by atoms with Crippen molar-refractivity contribution in [2.45, 2.75) is 16.7 Å². The minimum atomic E-state index is -2.60. The van der Waals surface area contributed by atoms with Gasteiger partial charge in [0.15, 0.2) is 0 Å². The quantitative estimate of drug-likeness (QED) is 0.859. The molecular formula is C11H8Cl2F2O2. The molecule has 0 heterocycles. The van der Waals surface area contributed by atoms with E-state index >= 15 is 0 Å². The van der Waals surface area contributed by atoms with E-state index in [9.17, 15) is 13.6 Å². The van der Waals surface area contributed by atoms with Crippen LogP contribution in [0.1, 0.15) is 23.5 Å². The molecule has 1 aliphatic carbocycles. The summed E-state index contributed by atoms with van der Waals surface area (Å²) >= 11 is 11.7. The molecule has 0 bridgehead atoms. The molecule has 1 aromatic carbocycles. The highest BCUT2D eigenvalue weighted by Crippen LogP contribution is 2.65. The molecule has 92 valence electrons. The van der Waals surface area contributed by atoms with Gasteiger partial charge in [0.25, 0.3) is 6.43 Å². The van der Waals surface area contributed by atoms with Crippen LogP contribution in [-0.4, -0.2) is 15.4 Å². The lowest BCUT2D eigenvalue weighted by Crippen LogP contribution is -2.03. The van der Waals surface area contributed by atoms with E-state index in [1.807, 2.05) is 0 Å². The van der Waals surface area contributed by atoms with Gasteiger partial charge in [-0.15, -0.1) is 0 Å². The molecule has 1 aromatic rings. The predicted molar refractivity (Wildman–Crippen MR) is 59.7 cm³/mol. The third-order valence-electron chi connectivity index (χ3n) is 2.84. The van der Waals surface area contributed by atoms with E-state index in [0.29, 0.717) is 5.56 Å². The number of carbonyl (C=O) groups is 1. The smallest absolute Gasteiger partial charge is 0.310 e. The largest absolute Gasteiger partial charge is 0.481 e. The second-order valence-corrected chi connectivity index (χ2v) is 5.38. The van der Waals surface area contributed by atoms with Crippen LogP contribution in [0.5, 0.6) is 0 Å². The van der Waals surface area contributed by atoms with Gasteiger partial charge >= 0.3 is 5.97 Å². The Hall–Kier alpha value is -0.870. The predicted octanol–water partition coefficient (Wildman–Crippen LogP) is 3.60. The Balaban J connectivity index is 2.31. The summed E-state index contributed by atoms with van der Waals surface area (Å²) < 4.78 is 23.6. The van der Waals surface area contributed by atoms with Crippen LogP contribution in [0.4, 0.5) is 8.78 Å². The third-order valence-corrected chi connectivity index (χ3v) is 3.78. The second-order valence-electron chi connectivity index (χ2n) is 3.94. The number of halogens is 4. The molecule has 1 N–H and O–H groups in total. The maximum atomic E-state index is 12.5. The van der Waals surface area contributed by atoms with Crippen molar-refractivity contribution in [1.82, 2.24) is 0 Å². The number of carboxylic acids is 1. The average Bonchev–Trinajstić information content (AvgIpc) is 2.82. The van der Waals surface area contributed by atoms with Crippen molar-refractivity contribution >= 4 is 29.2 Å². The Kier molecular flexibility index (Phi) is 3.04. The molecular weight excluding hydrogens is 273 g/mol. The van der Waals surface area contributed by atoms with E-state index in [1.165, 1.54) is 18.2 Å². The average molecular weight is 281 g/mol. The van der Waals surface area contributed by atoms with Crippen molar-refractivity contribution in [1.29, 1.82) is 0 Å². The number of hydrogen-bond acceptors (Lipinski definition) is 1. The summed E-state index contributed by atoms with van der Waals surface area (Å²) in [6, 6.07) is 5.52. The van der Waals surface area contributed by atoms with Gasteiger partial charge in [0.1, 0.15) is 4.33 Å². The fourth-order valence-electron chi connectivity index (χ4n) is 1.94. The standard InChI is InChI=1S/C11H8Cl2F2O2/c12-11(13)7(8(11)10(16)17)5-2-1-3-6(4-5)9(14)15/h1-4,7-9H,(H,16,17)/t7-,8+/m0/s1. The van der Waals surface area contributed by atoms with Gasteiger partial charge in [-0.05, 0) is 11.6 Å². The Bertz CT molecular complexity index is 463. The van der Waals surface area contributed by atoms with Gasteiger partial charge in [0, 0.05) is 11.5 Å². The first-order valence-electron chi connectivity index (χ1n) is 4.84. The topological polar surface area (TPSA) is 37.3 Å². The maximum absolute atomic E-state index is 12.5. The van der Waals surface area contributed by atoms with E-state index in [2.05, 4.69) is 0 Å². The first-order valence-corrected chi connectivity index (χ1v) is 5.60. The fraction of sp³-hybridized carbons (Fsp3) is 0.364. The van der Waals surface area contributed by atoms with Gasteiger partial charge in [-0.3, -0.25) is 4.79 Å². The van der Waals surface area contributed by atoms with Crippen molar-refractivity contribution in [3.8, 4) is 0 Å². The normalized spacial score (nSPS) is 25.9. The number of benzene rings is 1. The van der Waals surface area contributed by atoms with E-state index in [4.69, 9.17) is 28.3 Å². The zero-order valence-corrected chi connectivity index (χ0v) is 9.92. The summed E-state index contributed by atoms with van der Waals surface area (Å²) in [4.78, 5) is 10.9. The van der Waals surface area contributed by atoms with Crippen LogP contribution in [-0.2, 0) is 4.79 Å². The summed E-state index contributed by atoms with van der Waals surface area (Å²) in [5.74, 6) is -2.71. The number of hydrogen-bond donors (Lipinski definition) is 1. The van der Waals surface area contributed by atoms with Crippen molar-refractivity contribution in [2.75, 3.05) is 0 Å². The number of carboxylic acid groups (broad SMARTS) is 1. The monoisotopic (exact) mass is 280 g/mol. The molecule has 2 atom stereocenters. The Labute approximate surface area is 106 Å². The van der Waals surface area contributed by atoms with E-state index in [1.54, 1.807) is 6.07 Å². The van der Waals surface area contributed by atoms with Crippen molar-refractivity contribution in [2.24, 2.45) is 5.92 Å². The molecule has 0 unspecified atom stereocenters. The Morgan fingerprint density at radius 1 is 1.41 bits per heavy atom. The number of rotatable bonds is 3. The van der Waals surface area contributed by atoms with Crippen molar-refractivity contribution < 1.29 is 18.7 Å². The zero-order valence-electron chi connectivity index (χ0n) is 8.41. The van der Waals surface area contributed by atoms with Crippen molar-refractivity contribution in [3.63, 3.8) is 0 Å². The van der Waals surface area contributed by atoms with Gasteiger partial charge in [-0.25, -0.2) is 8.78 Å². The van der Waals surface area contributed by atoms with Crippen LogP contribution in [0.2, 0.25) is 0 Å². The second kappa shape index (κ2) is 4.10. The molecule has 1 saturated carbocycles. The summed E-state index contributed by atoms with van der Waals surface area (Å²) in [5, 5.41) is 8.88. The molecule has 2 nitrogen and oxygen atoms in total. The minimum Gasteiger partial charge on any atom is -0.481 e. The van der Waals surface area contributed by atoms with Crippen LogP contribution in [0, 0.1) is 5.92 Å². The molecule has 2 rings (SSSR count). The number of alkyl halides is 4. The highest BCUT2D eigenvalue weighted by molar-refractivity contribution is 6.53. The molecule has 0 spiro atoms. The Morgan fingerprint density at radius 3 is 2.53 bits per heavy atom. The van der Waals surface area contributed by atoms with Crippen LogP contribution < -0.4 is 0 Å². The lowest BCUT2D eigenvalue weighted by Gasteiger charge is -2.04. The van der Waals surface area contributed by atoms with Crippen LogP contribution in [0.15, 0.2) is 24.3 Å². The Morgan fingerprint density at radius 2 is 2.06 bits per heavy atom. The van der Waals surface area contributed by atoms with Gasteiger partial charge < -0.3 is 5.11 Å². The van der Waals surface area contributed by atoms with Gasteiger partial charge in [0.2, 0.25) is 0 Å². The van der Waals surface area contributed by atoms with Crippen LogP contribution in [0.25, 0.3) is 0 Å². The van der Waals surface area contributed by atoms with Gasteiger partial charge in [0.05, 0.1) is 5.92 Å². The highest BCUT2D eigenvalue weighted by Gasteiger charge is 2.68. The first kappa shape index (κ1) is 12.6.